The highest BCUT2D eigenvalue weighted by molar-refractivity contribution is 5.34. The molecule has 0 saturated carbocycles. The van der Waals surface area contributed by atoms with Crippen LogP contribution in [0, 0.1) is 22.5 Å². The molecule has 4 nitrogen and oxygen atoms in total. The molecule has 5 heteroatoms. The largest absolute Gasteiger partial charge is 0.317 e. The van der Waals surface area contributed by atoms with Gasteiger partial charge in [0.25, 0.3) is 5.69 Å². The fraction of sp³-hybridized carbons (Fsp3) is 0.222. The van der Waals surface area contributed by atoms with Gasteiger partial charge in [-0.25, -0.2) is 11.0 Å². The first-order valence-electron chi connectivity index (χ1n) is 3.91. The van der Waals surface area contributed by atoms with Crippen LogP contribution in [0.5, 0.6) is 0 Å². The zero-order valence-electron chi connectivity index (χ0n) is 7.24. The summed E-state index contributed by atoms with van der Waals surface area (Å²) in [5, 5.41) is 10.3. The number of nitrogens with zero attached hydrogens (tertiary/aromatic N) is 2. The standard InChI is InChI=1S/C9H7FN2O2/c1-11-5-4-7-2-3-8(12(13)14)6-9(7)10/h2-3,6H,4-5H2. The lowest BCUT2D eigenvalue weighted by molar-refractivity contribution is -0.385. The summed E-state index contributed by atoms with van der Waals surface area (Å²) in [5.41, 5.74) is 0.0701. The number of halogens is 1. The van der Waals surface area contributed by atoms with E-state index in [4.69, 9.17) is 6.57 Å². The molecule has 0 heterocycles. The van der Waals surface area contributed by atoms with Crippen LogP contribution in [-0.2, 0) is 6.42 Å². The van der Waals surface area contributed by atoms with Gasteiger partial charge in [-0.3, -0.25) is 10.1 Å². The minimum absolute atomic E-state index is 0.189. The highest BCUT2D eigenvalue weighted by Crippen LogP contribution is 2.16. The number of nitro groups is 1. The molecule has 0 spiro atoms. The fourth-order valence-corrected chi connectivity index (χ4v) is 1.03. The summed E-state index contributed by atoms with van der Waals surface area (Å²) in [7, 11) is 0. The molecule has 0 amide bonds. The highest BCUT2D eigenvalue weighted by Gasteiger charge is 2.10. The lowest BCUT2D eigenvalue weighted by atomic mass is 10.1. The zero-order valence-corrected chi connectivity index (χ0v) is 7.24. The van der Waals surface area contributed by atoms with Gasteiger partial charge in [-0.1, -0.05) is 0 Å². The van der Waals surface area contributed by atoms with Gasteiger partial charge < -0.3 is 4.85 Å². The molecule has 14 heavy (non-hydrogen) atoms. The van der Waals surface area contributed by atoms with Gasteiger partial charge in [-0.2, -0.15) is 0 Å². The van der Waals surface area contributed by atoms with E-state index in [1.807, 2.05) is 0 Å². The Kier molecular flexibility index (Phi) is 3.13. The van der Waals surface area contributed by atoms with E-state index in [9.17, 15) is 14.5 Å². The molecule has 0 bridgehead atoms. The maximum absolute atomic E-state index is 13.1. The predicted molar refractivity (Wildman–Crippen MR) is 48.2 cm³/mol. The number of non-ortho nitro benzene ring substituents is 1. The normalized spacial score (nSPS) is 9.43. The number of nitro benzene ring substituents is 1. The van der Waals surface area contributed by atoms with Crippen molar-refractivity contribution < 1.29 is 9.31 Å². The Morgan fingerprint density at radius 3 is 2.79 bits per heavy atom. The third-order valence-electron chi connectivity index (χ3n) is 1.74. The van der Waals surface area contributed by atoms with Gasteiger partial charge in [0, 0.05) is 12.5 Å². The van der Waals surface area contributed by atoms with Crippen molar-refractivity contribution in [3.05, 3.63) is 51.1 Å². The van der Waals surface area contributed by atoms with E-state index in [0.717, 1.165) is 6.07 Å². The molecule has 0 radical (unpaired) electrons. The second kappa shape index (κ2) is 4.33. The van der Waals surface area contributed by atoms with E-state index in [1.54, 1.807) is 0 Å². The highest BCUT2D eigenvalue weighted by atomic mass is 19.1. The molecule has 0 fully saturated rings. The molecule has 72 valence electrons. The lowest BCUT2D eigenvalue weighted by Crippen LogP contribution is -1.95. The number of benzene rings is 1. The summed E-state index contributed by atoms with van der Waals surface area (Å²) in [6, 6.07) is 3.46. The summed E-state index contributed by atoms with van der Waals surface area (Å²) >= 11 is 0. The quantitative estimate of drug-likeness (QED) is 0.420. The summed E-state index contributed by atoms with van der Waals surface area (Å²) in [4.78, 5) is 12.7. The Bertz CT molecular complexity index is 398. The van der Waals surface area contributed by atoms with Gasteiger partial charge in [-0.05, 0) is 11.6 Å². The lowest BCUT2D eigenvalue weighted by Gasteiger charge is -1.97. The average Bonchev–Trinajstić information content (AvgIpc) is 2.15. The Morgan fingerprint density at radius 1 is 1.57 bits per heavy atom. The molecule has 0 aromatic heterocycles. The van der Waals surface area contributed by atoms with Crippen LogP contribution in [-0.4, -0.2) is 11.5 Å². The van der Waals surface area contributed by atoms with Gasteiger partial charge in [-0.15, -0.1) is 0 Å². The minimum Gasteiger partial charge on any atom is -0.317 e. The van der Waals surface area contributed by atoms with E-state index in [1.165, 1.54) is 12.1 Å². The number of hydrogen-bond acceptors (Lipinski definition) is 2. The van der Waals surface area contributed by atoms with Crippen LogP contribution in [0.2, 0.25) is 0 Å². The molecule has 0 N–H and O–H groups in total. The van der Waals surface area contributed by atoms with Crippen LogP contribution < -0.4 is 0 Å². The van der Waals surface area contributed by atoms with Gasteiger partial charge in [0.15, 0.2) is 0 Å². The molecule has 1 rings (SSSR count). The van der Waals surface area contributed by atoms with E-state index < -0.39 is 10.7 Å². The maximum atomic E-state index is 13.1. The van der Waals surface area contributed by atoms with Crippen LogP contribution in [0.3, 0.4) is 0 Å². The van der Waals surface area contributed by atoms with Crippen LogP contribution in [0.4, 0.5) is 10.1 Å². The van der Waals surface area contributed by atoms with E-state index in [-0.39, 0.29) is 18.7 Å². The third kappa shape index (κ3) is 2.26. The summed E-state index contributed by atoms with van der Waals surface area (Å²) in [6.45, 7) is 6.72. The fourth-order valence-electron chi connectivity index (χ4n) is 1.03. The smallest absolute Gasteiger partial charge is 0.272 e. The van der Waals surface area contributed by atoms with Crippen molar-refractivity contribution >= 4 is 5.69 Å². The molecular formula is C9H7FN2O2. The van der Waals surface area contributed by atoms with Gasteiger partial charge in [0.2, 0.25) is 6.54 Å². The molecule has 0 aliphatic rings. The molecule has 0 unspecified atom stereocenters. The van der Waals surface area contributed by atoms with Crippen molar-refractivity contribution in [3.63, 3.8) is 0 Å². The monoisotopic (exact) mass is 194 g/mol. The van der Waals surface area contributed by atoms with Crippen LogP contribution in [0.25, 0.3) is 4.85 Å². The first-order valence-corrected chi connectivity index (χ1v) is 3.91. The molecule has 0 saturated heterocycles. The molecule has 1 aromatic rings. The Hall–Kier alpha value is -1.96. The molecule has 1 aromatic carbocycles. The van der Waals surface area contributed by atoms with Crippen molar-refractivity contribution in [2.45, 2.75) is 6.42 Å². The first-order chi connectivity index (χ1) is 6.65. The number of hydrogen-bond donors (Lipinski definition) is 0. The van der Waals surface area contributed by atoms with E-state index in [0.29, 0.717) is 5.56 Å². The predicted octanol–water partition coefficient (Wildman–Crippen LogP) is 2.20. The number of rotatable bonds is 3. The molecular weight excluding hydrogens is 187 g/mol. The Labute approximate surface area is 79.9 Å². The summed E-state index contributed by atoms with van der Waals surface area (Å²) in [5.74, 6) is -0.622. The van der Waals surface area contributed by atoms with E-state index in [2.05, 4.69) is 4.85 Å². The maximum Gasteiger partial charge on any atom is 0.272 e. The van der Waals surface area contributed by atoms with Crippen molar-refractivity contribution in [2.24, 2.45) is 0 Å². The van der Waals surface area contributed by atoms with Gasteiger partial charge >= 0.3 is 0 Å². The van der Waals surface area contributed by atoms with Crippen molar-refractivity contribution in [2.75, 3.05) is 6.54 Å². The zero-order chi connectivity index (χ0) is 10.6. The summed E-state index contributed by atoms with van der Waals surface area (Å²) < 4.78 is 13.1. The topological polar surface area (TPSA) is 47.5 Å². The van der Waals surface area contributed by atoms with E-state index >= 15 is 0 Å². The molecule has 0 atom stereocenters. The van der Waals surface area contributed by atoms with Crippen molar-refractivity contribution in [1.82, 2.24) is 0 Å². The van der Waals surface area contributed by atoms with Gasteiger partial charge in [0.1, 0.15) is 5.82 Å². The Balaban J connectivity index is 2.91. The summed E-state index contributed by atoms with van der Waals surface area (Å²) in [6.07, 6.45) is 0.285. The second-order valence-corrected chi connectivity index (χ2v) is 2.66. The second-order valence-electron chi connectivity index (χ2n) is 2.66. The van der Waals surface area contributed by atoms with Gasteiger partial charge in [0.05, 0.1) is 11.0 Å². The molecule has 0 aliphatic carbocycles. The Morgan fingerprint density at radius 2 is 2.29 bits per heavy atom. The van der Waals surface area contributed by atoms with Crippen molar-refractivity contribution in [3.8, 4) is 0 Å². The van der Waals surface area contributed by atoms with Crippen LogP contribution in [0.15, 0.2) is 18.2 Å². The first kappa shape index (κ1) is 10.1. The minimum atomic E-state index is -0.651. The average molecular weight is 194 g/mol. The molecule has 0 aliphatic heterocycles. The SMILES string of the molecule is [C-]#[N+]CCc1ccc([N+](=O)[O-])cc1F. The van der Waals surface area contributed by atoms with Crippen LogP contribution in [0.1, 0.15) is 5.56 Å². The van der Waals surface area contributed by atoms with Crippen molar-refractivity contribution in [1.29, 1.82) is 0 Å². The third-order valence-corrected chi connectivity index (χ3v) is 1.74. The van der Waals surface area contributed by atoms with Crippen LogP contribution >= 0.6 is 0 Å².